The minimum absolute atomic E-state index is 0.157. The monoisotopic (exact) mass is 254 g/mol. The van der Waals surface area contributed by atoms with Gasteiger partial charge < -0.3 is 10.6 Å². The molecule has 1 atom stereocenters. The molecule has 0 saturated carbocycles. The Bertz CT molecular complexity index is 231. The van der Waals surface area contributed by atoms with E-state index < -0.39 is 24.5 Å². The Morgan fingerprint density at radius 1 is 1.41 bits per heavy atom. The number of alkyl halides is 3. The van der Waals surface area contributed by atoms with Crippen molar-refractivity contribution in [3.8, 4) is 0 Å². The first-order valence-electron chi connectivity index (χ1n) is 5.87. The summed E-state index contributed by atoms with van der Waals surface area (Å²) in [5.74, 6) is -0.902. The second-order valence-corrected chi connectivity index (χ2v) is 4.21. The van der Waals surface area contributed by atoms with Crippen molar-refractivity contribution >= 4 is 5.91 Å². The first kappa shape index (κ1) is 16.2. The Morgan fingerprint density at radius 3 is 2.41 bits per heavy atom. The topological polar surface area (TPSA) is 46.3 Å². The standard InChI is InChI=1S/C11H21F3N2O/c1-3-4-7-16(8-11(12,13)14)10(17)9(2)5-6-15/h9H,3-8,15H2,1-2H3. The fourth-order valence-electron chi connectivity index (χ4n) is 1.52. The maximum absolute atomic E-state index is 12.3. The number of hydrogen-bond acceptors (Lipinski definition) is 2. The van der Waals surface area contributed by atoms with Gasteiger partial charge >= 0.3 is 6.18 Å². The summed E-state index contributed by atoms with van der Waals surface area (Å²) in [6.45, 7) is 2.79. The molecule has 3 nitrogen and oxygen atoms in total. The number of nitrogens with two attached hydrogens (primary N) is 1. The van der Waals surface area contributed by atoms with Gasteiger partial charge in [0.1, 0.15) is 6.54 Å². The molecule has 2 N–H and O–H groups in total. The predicted molar refractivity (Wildman–Crippen MR) is 60.4 cm³/mol. The van der Waals surface area contributed by atoms with Crippen LogP contribution in [0.4, 0.5) is 13.2 Å². The van der Waals surface area contributed by atoms with Crippen LogP contribution >= 0.6 is 0 Å². The molecule has 0 fully saturated rings. The highest BCUT2D eigenvalue weighted by molar-refractivity contribution is 5.78. The summed E-state index contributed by atoms with van der Waals surface area (Å²) in [6, 6.07) is 0. The molecule has 17 heavy (non-hydrogen) atoms. The molecule has 0 saturated heterocycles. The van der Waals surface area contributed by atoms with E-state index in [1.54, 1.807) is 6.92 Å². The van der Waals surface area contributed by atoms with E-state index in [9.17, 15) is 18.0 Å². The first-order valence-corrected chi connectivity index (χ1v) is 5.87. The molecule has 1 unspecified atom stereocenters. The van der Waals surface area contributed by atoms with Gasteiger partial charge in [0.25, 0.3) is 0 Å². The summed E-state index contributed by atoms with van der Waals surface area (Å²) in [5.41, 5.74) is 5.30. The Kier molecular flexibility index (Phi) is 7.18. The van der Waals surface area contributed by atoms with Gasteiger partial charge in [-0.05, 0) is 19.4 Å². The summed E-state index contributed by atoms with van der Waals surface area (Å²) in [5, 5.41) is 0. The third kappa shape index (κ3) is 7.20. The second kappa shape index (κ2) is 7.53. The summed E-state index contributed by atoms with van der Waals surface area (Å²) < 4.78 is 37.0. The number of carbonyl (C=O) groups excluding carboxylic acids is 1. The van der Waals surface area contributed by atoms with Crippen molar-refractivity contribution < 1.29 is 18.0 Å². The third-order valence-corrected chi connectivity index (χ3v) is 2.48. The molecule has 0 aromatic carbocycles. The number of carbonyl (C=O) groups is 1. The van der Waals surface area contributed by atoms with Gasteiger partial charge in [0.2, 0.25) is 5.91 Å². The van der Waals surface area contributed by atoms with Crippen LogP contribution in [0.5, 0.6) is 0 Å². The van der Waals surface area contributed by atoms with Crippen LogP contribution < -0.4 is 5.73 Å². The summed E-state index contributed by atoms with van der Waals surface area (Å²) in [7, 11) is 0. The summed E-state index contributed by atoms with van der Waals surface area (Å²) in [4.78, 5) is 12.7. The minimum Gasteiger partial charge on any atom is -0.333 e. The molecule has 0 bridgehead atoms. The highest BCUT2D eigenvalue weighted by Crippen LogP contribution is 2.19. The van der Waals surface area contributed by atoms with Gasteiger partial charge in [0, 0.05) is 12.5 Å². The molecular weight excluding hydrogens is 233 g/mol. The quantitative estimate of drug-likeness (QED) is 0.756. The van der Waals surface area contributed by atoms with Gasteiger partial charge in [-0.2, -0.15) is 13.2 Å². The Hall–Kier alpha value is -0.780. The van der Waals surface area contributed by atoms with Crippen molar-refractivity contribution in [1.82, 2.24) is 4.90 Å². The summed E-state index contributed by atoms with van der Waals surface area (Å²) >= 11 is 0. The van der Waals surface area contributed by atoms with Crippen molar-refractivity contribution in [2.24, 2.45) is 11.7 Å². The van der Waals surface area contributed by atoms with Gasteiger partial charge in [-0.3, -0.25) is 4.79 Å². The third-order valence-electron chi connectivity index (χ3n) is 2.48. The van der Waals surface area contributed by atoms with E-state index >= 15 is 0 Å². The van der Waals surface area contributed by atoms with E-state index in [2.05, 4.69) is 0 Å². The van der Waals surface area contributed by atoms with E-state index in [-0.39, 0.29) is 6.54 Å². The zero-order valence-corrected chi connectivity index (χ0v) is 10.4. The Labute approximate surface area is 100 Å². The van der Waals surface area contributed by atoms with Crippen molar-refractivity contribution in [1.29, 1.82) is 0 Å². The number of amides is 1. The highest BCUT2D eigenvalue weighted by Gasteiger charge is 2.33. The average Bonchev–Trinajstić information content (AvgIpc) is 2.22. The van der Waals surface area contributed by atoms with Gasteiger partial charge in [-0.25, -0.2) is 0 Å². The lowest BCUT2D eigenvalue weighted by atomic mass is 10.1. The molecular formula is C11H21F3N2O. The van der Waals surface area contributed by atoms with Crippen LogP contribution in [-0.2, 0) is 4.79 Å². The van der Waals surface area contributed by atoms with Crippen molar-refractivity contribution in [3.63, 3.8) is 0 Å². The van der Waals surface area contributed by atoms with E-state index in [0.29, 0.717) is 19.4 Å². The largest absolute Gasteiger partial charge is 0.406 e. The Balaban J connectivity index is 4.49. The van der Waals surface area contributed by atoms with Gasteiger partial charge in [-0.1, -0.05) is 20.3 Å². The van der Waals surface area contributed by atoms with Crippen LogP contribution in [0.15, 0.2) is 0 Å². The molecule has 1 amide bonds. The predicted octanol–water partition coefficient (Wildman–Crippen LogP) is 2.16. The van der Waals surface area contributed by atoms with E-state index in [4.69, 9.17) is 5.73 Å². The van der Waals surface area contributed by atoms with Crippen LogP contribution in [0.1, 0.15) is 33.1 Å². The fourth-order valence-corrected chi connectivity index (χ4v) is 1.52. The van der Waals surface area contributed by atoms with Gasteiger partial charge in [-0.15, -0.1) is 0 Å². The zero-order chi connectivity index (χ0) is 13.5. The number of rotatable bonds is 7. The van der Waals surface area contributed by atoms with Crippen LogP contribution in [-0.4, -0.2) is 36.6 Å². The van der Waals surface area contributed by atoms with Crippen molar-refractivity contribution in [3.05, 3.63) is 0 Å². The lowest BCUT2D eigenvalue weighted by molar-refractivity contribution is -0.163. The van der Waals surface area contributed by atoms with Gasteiger partial charge in [0.15, 0.2) is 0 Å². The summed E-state index contributed by atoms with van der Waals surface area (Å²) in [6.07, 6.45) is -2.59. The number of nitrogens with zero attached hydrogens (tertiary/aromatic N) is 1. The van der Waals surface area contributed by atoms with Gasteiger partial charge in [0.05, 0.1) is 0 Å². The molecule has 0 spiro atoms. The molecule has 0 rings (SSSR count). The lowest BCUT2D eigenvalue weighted by Crippen LogP contribution is -2.42. The first-order chi connectivity index (χ1) is 7.81. The maximum atomic E-state index is 12.3. The Morgan fingerprint density at radius 2 is 2.00 bits per heavy atom. The smallest absolute Gasteiger partial charge is 0.333 e. The van der Waals surface area contributed by atoms with Crippen molar-refractivity contribution in [2.75, 3.05) is 19.6 Å². The number of hydrogen-bond donors (Lipinski definition) is 1. The zero-order valence-electron chi connectivity index (χ0n) is 10.4. The molecule has 0 aliphatic rings. The normalized spacial score (nSPS) is 13.5. The second-order valence-electron chi connectivity index (χ2n) is 4.21. The number of unbranched alkanes of at least 4 members (excludes halogenated alkanes) is 1. The highest BCUT2D eigenvalue weighted by atomic mass is 19.4. The molecule has 0 aromatic rings. The average molecular weight is 254 g/mol. The molecule has 0 radical (unpaired) electrons. The van der Waals surface area contributed by atoms with Crippen LogP contribution in [0, 0.1) is 5.92 Å². The lowest BCUT2D eigenvalue weighted by Gasteiger charge is -2.26. The molecule has 6 heteroatoms. The van der Waals surface area contributed by atoms with E-state index in [0.717, 1.165) is 11.3 Å². The van der Waals surface area contributed by atoms with Crippen LogP contribution in [0.25, 0.3) is 0 Å². The SMILES string of the molecule is CCCCN(CC(F)(F)F)C(=O)C(C)CCN. The molecule has 0 heterocycles. The molecule has 0 aromatic heterocycles. The molecule has 0 aliphatic carbocycles. The minimum atomic E-state index is -4.34. The van der Waals surface area contributed by atoms with Crippen molar-refractivity contribution in [2.45, 2.75) is 39.3 Å². The fraction of sp³-hybridized carbons (Fsp3) is 0.909. The maximum Gasteiger partial charge on any atom is 0.406 e. The molecule has 0 aliphatic heterocycles. The van der Waals surface area contributed by atoms with E-state index in [1.807, 2.05) is 6.92 Å². The van der Waals surface area contributed by atoms with Crippen LogP contribution in [0.2, 0.25) is 0 Å². The molecule has 102 valence electrons. The number of halogens is 3. The van der Waals surface area contributed by atoms with E-state index in [1.165, 1.54) is 0 Å². The van der Waals surface area contributed by atoms with Crippen LogP contribution in [0.3, 0.4) is 0 Å².